The smallest absolute Gasteiger partial charge is 0.412 e. The van der Waals surface area contributed by atoms with Crippen LogP contribution in [0.25, 0.3) is 0 Å². The molecule has 1 amide bonds. The number of amidine groups is 1. The molecule has 0 aromatic heterocycles. The minimum absolute atomic E-state index is 0.0503. The molecule has 142 valence electrons. The summed E-state index contributed by atoms with van der Waals surface area (Å²) in [6.07, 6.45) is -0.657. The number of ether oxygens (including phenoxy) is 1. The van der Waals surface area contributed by atoms with Gasteiger partial charge in [0.15, 0.2) is 5.17 Å². The van der Waals surface area contributed by atoms with Gasteiger partial charge in [-0.2, -0.15) is 8.42 Å². The fourth-order valence-corrected chi connectivity index (χ4v) is 3.85. The van der Waals surface area contributed by atoms with Crippen LogP contribution in [-0.4, -0.2) is 26.8 Å². The van der Waals surface area contributed by atoms with Crippen molar-refractivity contribution in [3.8, 4) is 5.75 Å². The lowest BCUT2D eigenvalue weighted by Gasteiger charge is -2.17. The van der Waals surface area contributed by atoms with Gasteiger partial charge in [-0.25, -0.2) is 9.79 Å². The van der Waals surface area contributed by atoms with Crippen molar-refractivity contribution in [2.24, 2.45) is 4.99 Å². The van der Waals surface area contributed by atoms with Crippen LogP contribution in [0.4, 0.5) is 16.2 Å². The summed E-state index contributed by atoms with van der Waals surface area (Å²) in [5, 5.41) is 3.11. The molecule has 0 bridgehead atoms. The van der Waals surface area contributed by atoms with Crippen molar-refractivity contribution in [2.45, 2.75) is 11.8 Å². The Labute approximate surface area is 165 Å². The largest absolute Gasteiger partial charge is 0.453 e. The molecule has 27 heavy (non-hydrogen) atoms. The molecule has 0 radical (unpaired) electrons. The molecule has 0 aliphatic carbocycles. The molecule has 2 aromatic carbocycles. The normalized spacial score (nSPS) is 13.1. The Kier molecular flexibility index (Phi) is 5.49. The number of nitrogens with zero attached hydrogens (tertiary/aromatic N) is 1. The van der Waals surface area contributed by atoms with Crippen LogP contribution in [-0.2, 0) is 14.9 Å². The number of carbonyl (C=O) groups is 1. The minimum Gasteiger partial charge on any atom is -0.453 e. The molecule has 0 atom stereocenters. The summed E-state index contributed by atoms with van der Waals surface area (Å²) >= 11 is 7.01. The Morgan fingerprint density at radius 2 is 2.04 bits per heavy atom. The standard InChI is InChI=1S/C16H14ClN3O5S2/c1-9-3-4-10(7-12(9)17)25-27(22,23)11-5-6-13-14(8-11)20-26-15(18-13)19-16(21)24-2/h3-8,20H,1-2H3,(H,18,19,21). The first kappa shape index (κ1) is 19.3. The third-order valence-corrected chi connectivity index (χ3v) is 5.84. The van der Waals surface area contributed by atoms with Gasteiger partial charge in [-0.15, -0.1) is 0 Å². The number of fused-ring (bicyclic) bond motifs is 1. The molecule has 0 unspecified atom stereocenters. The second-order valence-corrected chi connectivity index (χ2v) is 8.11. The number of methoxy groups -OCH3 is 1. The molecule has 1 aliphatic rings. The summed E-state index contributed by atoms with van der Waals surface area (Å²) in [7, 11) is -2.82. The zero-order valence-electron chi connectivity index (χ0n) is 14.1. The Hall–Kier alpha value is -2.43. The van der Waals surface area contributed by atoms with E-state index in [1.165, 1.54) is 37.4 Å². The lowest BCUT2D eigenvalue weighted by Crippen LogP contribution is -2.29. The summed E-state index contributed by atoms with van der Waals surface area (Å²) in [5.41, 5.74) is 1.73. The average Bonchev–Trinajstić information content (AvgIpc) is 2.64. The maximum atomic E-state index is 12.5. The topological polar surface area (TPSA) is 106 Å². The van der Waals surface area contributed by atoms with Crippen molar-refractivity contribution in [1.29, 1.82) is 0 Å². The van der Waals surface area contributed by atoms with Crippen LogP contribution in [0.1, 0.15) is 5.56 Å². The van der Waals surface area contributed by atoms with Gasteiger partial charge in [0, 0.05) is 23.0 Å². The molecule has 0 saturated carbocycles. The quantitative estimate of drug-likeness (QED) is 0.566. The van der Waals surface area contributed by atoms with Gasteiger partial charge in [0.2, 0.25) is 0 Å². The number of anilines is 1. The molecule has 3 rings (SSSR count). The predicted octanol–water partition coefficient (Wildman–Crippen LogP) is 3.83. The van der Waals surface area contributed by atoms with Crippen LogP contribution in [0.2, 0.25) is 5.02 Å². The molecule has 1 aliphatic heterocycles. The van der Waals surface area contributed by atoms with Gasteiger partial charge >= 0.3 is 16.2 Å². The minimum atomic E-state index is -4.06. The SMILES string of the molecule is COC(=O)NC1=Nc2ccc(S(=O)(=O)Oc3ccc(C)c(Cl)c3)cc2NS1. The van der Waals surface area contributed by atoms with Crippen LogP contribution in [0.5, 0.6) is 5.75 Å². The highest BCUT2D eigenvalue weighted by molar-refractivity contribution is 8.15. The van der Waals surface area contributed by atoms with Crippen LogP contribution in [0.3, 0.4) is 0 Å². The van der Waals surface area contributed by atoms with Gasteiger partial charge in [-0.05, 0) is 36.8 Å². The van der Waals surface area contributed by atoms with Crippen molar-refractivity contribution < 1.29 is 22.1 Å². The summed E-state index contributed by atoms with van der Waals surface area (Å²) in [6.45, 7) is 1.80. The number of amides is 1. The Morgan fingerprint density at radius 1 is 1.26 bits per heavy atom. The van der Waals surface area contributed by atoms with E-state index in [9.17, 15) is 13.2 Å². The maximum Gasteiger partial charge on any atom is 0.412 e. The Balaban J connectivity index is 1.84. The number of hydrogen-bond acceptors (Lipinski definition) is 8. The van der Waals surface area contributed by atoms with E-state index in [2.05, 4.69) is 19.8 Å². The summed E-state index contributed by atoms with van der Waals surface area (Å²) in [6, 6.07) is 8.89. The predicted molar refractivity (Wildman–Crippen MR) is 104 cm³/mol. The summed E-state index contributed by atoms with van der Waals surface area (Å²) in [4.78, 5) is 15.4. The fourth-order valence-electron chi connectivity index (χ4n) is 2.08. The Morgan fingerprint density at radius 3 is 2.74 bits per heavy atom. The molecule has 2 aromatic rings. The van der Waals surface area contributed by atoms with Gasteiger partial charge in [0.05, 0.1) is 18.5 Å². The number of rotatable bonds is 3. The number of hydrogen-bond donors (Lipinski definition) is 2. The van der Waals surface area contributed by atoms with E-state index >= 15 is 0 Å². The number of carbonyl (C=O) groups excluding carboxylic acids is 1. The zero-order chi connectivity index (χ0) is 19.6. The van der Waals surface area contributed by atoms with Crippen molar-refractivity contribution in [1.82, 2.24) is 5.32 Å². The second kappa shape index (κ2) is 7.67. The molecule has 0 spiro atoms. The van der Waals surface area contributed by atoms with E-state index in [-0.39, 0.29) is 15.8 Å². The monoisotopic (exact) mass is 427 g/mol. The molecule has 8 nitrogen and oxygen atoms in total. The number of aryl methyl sites for hydroxylation is 1. The molecule has 11 heteroatoms. The van der Waals surface area contributed by atoms with Gasteiger partial charge in [0.1, 0.15) is 10.6 Å². The number of benzene rings is 2. The van der Waals surface area contributed by atoms with E-state index < -0.39 is 16.2 Å². The number of halogens is 1. The fraction of sp³-hybridized carbons (Fsp3) is 0.125. The zero-order valence-corrected chi connectivity index (χ0v) is 16.5. The number of nitrogens with one attached hydrogen (secondary N) is 2. The molecule has 0 fully saturated rings. The first-order chi connectivity index (χ1) is 12.8. The highest BCUT2D eigenvalue weighted by Crippen LogP contribution is 2.35. The van der Waals surface area contributed by atoms with Gasteiger partial charge in [0.25, 0.3) is 0 Å². The van der Waals surface area contributed by atoms with E-state index in [1.807, 2.05) is 0 Å². The first-order valence-electron chi connectivity index (χ1n) is 7.50. The third kappa shape index (κ3) is 4.46. The number of aliphatic imine (C=N–C) groups is 1. The maximum absolute atomic E-state index is 12.5. The van der Waals surface area contributed by atoms with Crippen molar-refractivity contribution in [3.63, 3.8) is 0 Å². The van der Waals surface area contributed by atoms with Crippen molar-refractivity contribution in [3.05, 3.63) is 47.0 Å². The molecule has 2 N–H and O–H groups in total. The van der Waals surface area contributed by atoms with Gasteiger partial charge < -0.3 is 13.6 Å². The summed E-state index contributed by atoms with van der Waals surface area (Å²) in [5.74, 6) is 0.119. The highest BCUT2D eigenvalue weighted by Gasteiger charge is 2.21. The lowest BCUT2D eigenvalue weighted by molar-refractivity contribution is 0.177. The van der Waals surface area contributed by atoms with Crippen LogP contribution >= 0.6 is 23.5 Å². The van der Waals surface area contributed by atoms with E-state index in [1.54, 1.807) is 13.0 Å². The lowest BCUT2D eigenvalue weighted by atomic mass is 10.2. The second-order valence-electron chi connectivity index (χ2n) is 5.37. The molecule has 0 saturated heterocycles. The van der Waals surface area contributed by atoms with E-state index in [0.29, 0.717) is 16.4 Å². The van der Waals surface area contributed by atoms with Gasteiger partial charge in [-0.3, -0.25) is 5.32 Å². The number of alkyl carbamates (subject to hydrolysis) is 1. The molecular formula is C16H14ClN3O5S2. The van der Waals surface area contributed by atoms with E-state index in [4.69, 9.17) is 15.8 Å². The first-order valence-corrected chi connectivity index (χ1v) is 10.1. The van der Waals surface area contributed by atoms with Crippen LogP contribution in [0, 0.1) is 6.92 Å². The van der Waals surface area contributed by atoms with Crippen LogP contribution in [0.15, 0.2) is 46.3 Å². The summed E-state index contributed by atoms with van der Waals surface area (Å²) < 4.78 is 37.6. The van der Waals surface area contributed by atoms with Crippen molar-refractivity contribution in [2.75, 3.05) is 11.8 Å². The van der Waals surface area contributed by atoms with Crippen molar-refractivity contribution >= 4 is 56.3 Å². The Bertz CT molecular complexity index is 1040. The average molecular weight is 428 g/mol. The van der Waals surface area contributed by atoms with E-state index in [0.717, 1.165) is 17.5 Å². The third-order valence-electron chi connectivity index (χ3n) is 3.48. The van der Waals surface area contributed by atoms with Gasteiger partial charge in [-0.1, -0.05) is 17.7 Å². The molecule has 1 heterocycles. The highest BCUT2D eigenvalue weighted by atomic mass is 35.5. The van der Waals surface area contributed by atoms with Crippen LogP contribution < -0.4 is 14.2 Å². The molecular weight excluding hydrogens is 414 g/mol.